The highest BCUT2D eigenvalue weighted by Gasteiger charge is 2.32. The second-order valence-electron chi connectivity index (χ2n) is 8.79. The highest BCUT2D eigenvalue weighted by atomic mass is 19.1. The summed E-state index contributed by atoms with van der Waals surface area (Å²) in [6, 6.07) is 20.7. The lowest BCUT2D eigenvalue weighted by Gasteiger charge is -2.25. The van der Waals surface area contributed by atoms with Crippen LogP contribution < -0.4 is 10.2 Å². The maximum Gasteiger partial charge on any atom is 0.404 e. The number of nitrogens with one attached hydrogen (secondary N) is 1. The Labute approximate surface area is 201 Å². The average molecular weight is 473 g/mol. The fraction of sp³-hybridized carbons (Fsp3) is 0.222. The molecular formula is C27H25FN4O3. The van der Waals surface area contributed by atoms with Crippen molar-refractivity contribution in [3.8, 4) is 17.1 Å². The number of fused-ring (bicyclic) bond motifs is 1. The molecule has 1 fully saturated rings. The fourth-order valence-electron chi connectivity index (χ4n) is 4.78. The van der Waals surface area contributed by atoms with Crippen molar-refractivity contribution >= 4 is 22.8 Å². The maximum atomic E-state index is 14.2. The molecule has 0 radical (unpaired) electrons. The molecule has 8 heteroatoms. The van der Waals surface area contributed by atoms with Crippen molar-refractivity contribution in [1.82, 2.24) is 15.3 Å². The molecule has 35 heavy (non-hydrogen) atoms. The van der Waals surface area contributed by atoms with E-state index in [2.05, 4.69) is 15.2 Å². The number of para-hydroxylation sites is 1. The molecule has 1 amide bonds. The van der Waals surface area contributed by atoms with E-state index >= 15 is 0 Å². The van der Waals surface area contributed by atoms with Gasteiger partial charge in [-0.3, -0.25) is 0 Å². The van der Waals surface area contributed by atoms with Crippen molar-refractivity contribution in [1.29, 1.82) is 0 Å². The van der Waals surface area contributed by atoms with Gasteiger partial charge in [-0.25, -0.2) is 19.2 Å². The summed E-state index contributed by atoms with van der Waals surface area (Å²) in [4.78, 5) is 22.9. The van der Waals surface area contributed by atoms with Gasteiger partial charge in [-0.15, -0.1) is 0 Å². The quantitative estimate of drug-likeness (QED) is 0.371. The molecule has 3 N–H and O–H groups in total. The molecule has 0 bridgehead atoms. The van der Waals surface area contributed by atoms with Gasteiger partial charge in [0.05, 0.1) is 11.1 Å². The van der Waals surface area contributed by atoms with E-state index in [9.17, 15) is 19.4 Å². The molecular weight excluding hydrogens is 447 g/mol. The highest BCUT2D eigenvalue weighted by Crippen LogP contribution is 2.34. The molecule has 2 atom stereocenters. The van der Waals surface area contributed by atoms with Crippen molar-refractivity contribution in [2.75, 3.05) is 18.0 Å². The van der Waals surface area contributed by atoms with Crippen molar-refractivity contribution in [2.24, 2.45) is 5.92 Å². The number of rotatable bonds is 6. The van der Waals surface area contributed by atoms with Crippen LogP contribution in [0.15, 0.2) is 72.8 Å². The highest BCUT2D eigenvalue weighted by molar-refractivity contribution is 5.91. The van der Waals surface area contributed by atoms with Crippen LogP contribution in [-0.4, -0.2) is 45.4 Å². The van der Waals surface area contributed by atoms with Crippen molar-refractivity contribution < 1.29 is 19.4 Å². The van der Waals surface area contributed by atoms with Crippen LogP contribution >= 0.6 is 0 Å². The third kappa shape index (κ3) is 4.87. The van der Waals surface area contributed by atoms with Crippen LogP contribution in [0.3, 0.4) is 0 Å². The van der Waals surface area contributed by atoms with Gasteiger partial charge in [-0.05, 0) is 54.7 Å². The minimum atomic E-state index is -1.05. The number of anilines is 1. The predicted octanol–water partition coefficient (Wildman–Crippen LogP) is 4.85. The maximum absolute atomic E-state index is 14.2. The van der Waals surface area contributed by atoms with Gasteiger partial charge >= 0.3 is 6.09 Å². The second-order valence-corrected chi connectivity index (χ2v) is 8.79. The lowest BCUT2D eigenvalue weighted by atomic mass is 9.93. The first-order chi connectivity index (χ1) is 17.0. The van der Waals surface area contributed by atoms with Gasteiger partial charge in [0.1, 0.15) is 17.4 Å². The van der Waals surface area contributed by atoms with E-state index in [1.54, 1.807) is 30.3 Å². The standard InChI is InChI=1S/C27H25FN4O3/c28-19-10-11-22-21(15-19)26(31-25(29-22)20-8-4-5-9-24(20)33)32-13-12-18(16-32)23(30-27(34)35)14-17-6-2-1-3-7-17/h1-11,15,18,23,30,33H,12-14,16H2,(H,34,35)/t18-,23?/m0/s1. The van der Waals surface area contributed by atoms with E-state index in [4.69, 9.17) is 4.98 Å². The number of aromatic nitrogens is 2. The van der Waals surface area contributed by atoms with Crippen molar-refractivity contribution in [2.45, 2.75) is 18.9 Å². The van der Waals surface area contributed by atoms with Gasteiger partial charge in [0, 0.05) is 24.5 Å². The summed E-state index contributed by atoms with van der Waals surface area (Å²) in [5, 5.41) is 23.1. The van der Waals surface area contributed by atoms with Crippen LogP contribution in [0, 0.1) is 11.7 Å². The number of carboxylic acid groups (broad SMARTS) is 1. The van der Waals surface area contributed by atoms with Crippen LogP contribution in [0.4, 0.5) is 15.0 Å². The molecule has 3 aromatic carbocycles. The molecule has 0 spiro atoms. The predicted molar refractivity (Wildman–Crippen MR) is 132 cm³/mol. The number of nitrogens with zero attached hydrogens (tertiary/aromatic N) is 3. The number of hydrogen-bond donors (Lipinski definition) is 3. The van der Waals surface area contributed by atoms with Crippen LogP contribution in [0.5, 0.6) is 5.75 Å². The molecule has 1 saturated heterocycles. The van der Waals surface area contributed by atoms with E-state index in [1.165, 1.54) is 12.1 Å². The van der Waals surface area contributed by atoms with Gasteiger partial charge in [0.2, 0.25) is 0 Å². The fourth-order valence-corrected chi connectivity index (χ4v) is 4.78. The van der Waals surface area contributed by atoms with Crippen LogP contribution in [0.1, 0.15) is 12.0 Å². The molecule has 7 nitrogen and oxygen atoms in total. The number of phenolic OH excluding ortho intramolecular Hbond substituents is 1. The first-order valence-corrected chi connectivity index (χ1v) is 11.5. The van der Waals surface area contributed by atoms with Crippen LogP contribution in [0.2, 0.25) is 0 Å². The molecule has 1 aliphatic rings. The summed E-state index contributed by atoms with van der Waals surface area (Å²) in [5.41, 5.74) is 2.12. The van der Waals surface area contributed by atoms with E-state index in [0.717, 1.165) is 12.0 Å². The molecule has 178 valence electrons. The third-order valence-corrected chi connectivity index (χ3v) is 6.48. The van der Waals surface area contributed by atoms with E-state index in [1.807, 2.05) is 30.3 Å². The second kappa shape index (κ2) is 9.58. The molecule has 4 aromatic rings. The zero-order chi connectivity index (χ0) is 24.4. The minimum Gasteiger partial charge on any atom is -0.507 e. The van der Waals surface area contributed by atoms with Crippen molar-refractivity contribution in [3.63, 3.8) is 0 Å². The monoisotopic (exact) mass is 472 g/mol. The summed E-state index contributed by atoms with van der Waals surface area (Å²) in [6.07, 6.45) is 0.277. The molecule has 1 aromatic heterocycles. The summed E-state index contributed by atoms with van der Waals surface area (Å²) >= 11 is 0. The molecule has 0 saturated carbocycles. The molecule has 2 heterocycles. The Balaban J connectivity index is 1.49. The SMILES string of the molecule is O=C(O)NC(Cc1ccccc1)[C@H]1CCN(c2nc(-c3ccccc3O)nc3ccc(F)cc23)C1. The Morgan fingerprint density at radius 2 is 1.86 bits per heavy atom. The number of aromatic hydroxyl groups is 1. The lowest BCUT2D eigenvalue weighted by Crippen LogP contribution is -2.42. The zero-order valence-electron chi connectivity index (χ0n) is 18.9. The van der Waals surface area contributed by atoms with E-state index in [-0.39, 0.29) is 23.5 Å². The third-order valence-electron chi connectivity index (χ3n) is 6.48. The van der Waals surface area contributed by atoms with Gasteiger partial charge in [0.15, 0.2) is 5.82 Å². The Morgan fingerprint density at radius 1 is 1.09 bits per heavy atom. The first-order valence-electron chi connectivity index (χ1n) is 11.5. The Kier molecular flexibility index (Phi) is 6.18. The molecule has 5 rings (SSSR count). The minimum absolute atomic E-state index is 0.0402. The summed E-state index contributed by atoms with van der Waals surface area (Å²) in [7, 11) is 0. The molecule has 1 aliphatic heterocycles. The normalized spacial score (nSPS) is 16.4. The van der Waals surface area contributed by atoms with Gasteiger partial charge in [0.25, 0.3) is 0 Å². The summed E-state index contributed by atoms with van der Waals surface area (Å²) in [5.74, 6) is 0.642. The number of hydrogen-bond acceptors (Lipinski definition) is 5. The molecule has 0 aliphatic carbocycles. The molecule has 1 unspecified atom stereocenters. The number of benzene rings is 3. The average Bonchev–Trinajstić information content (AvgIpc) is 3.34. The number of carbonyl (C=O) groups is 1. The van der Waals surface area contributed by atoms with Gasteiger partial charge < -0.3 is 20.4 Å². The first kappa shape index (κ1) is 22.6. The van der Waals surface area contributed by atoms with Gasteiger partial charge in [-0.1, -0.05) is 42.5 Å². The smallest absolute Gasteiger partial charge is 0.404 e. The Morgan fingerprint density at radius 3 is 2.63 bits per heavy atom. The topological polar surface area (TPSA) is 98.6 Å². The summed E-state index contributed by atoms with van der Waals surface area (Å²) < 4.78 is 14.2. The largest absolute Gasteiger partial charge is 0.507 e. The van der Waals surface area contributed by atoms with Crippen molar-refractivity contribution in [3.05, 3.63) is 84.2 Å². The van der Waals surface area contributed by atoms with Gasteiger partial charge in [-0.2, -0.15) is 0 Å². The summed E-state index contributed by atoms with van der Waals surface area (Å²) in [6.45, 7) is 1.20. The number of phenols is 1. The number of halogens is 1. The Hall–Kier alpha value is -4.20. The zero-order valence-corrected chi connectivity index (χ0v) is 18.9. The Bertz CT molecular complexity index is 1370. The van der Waals surface area contributed by atoms with E-state index < -0.39 is 6.09 Å². The lowest BCUT2D eigenvalue weighted by molar-refractivity contribution is 0.185. The van der Waals surface area contributed by atoms with E-state index in [0.29, 0.717) is 47.6 Å². The number of amides is 1. The van der Waals surface area contributed by atoms with Crippen LogP contribution in [0.25, 0.3) is 22.3 Å². The van der Waals surface area contributed by atoms with Crippen LogP contribution in [-0.2, 0) is 6.42 Å².